The highest BCUT2D eigenvalue weighted by molar-refractivity contribution is 5.99. The van der Waals surface area contributed by atoms with Crippen LogP contribution < -0.4 is 5.32 Å². The van der Waals surface area contributed by atoms with Crippen molar-refractivity contribution in [3.05, 3.63) is 53.9 Å². The first kappa shape index (κ1) is 17.0. The molecule has 0 aliphatic carbocycles. The Labute approximate surface area is 155 Å². The highest BCUT2D eigenvalue weighted by Gasteiger charge is 2.18. The van der Waals surface area contributed by atoms with Crippen molar-refractivity contribution in [2.45, 2.75) is 26.9 Å². The second-order valence-electron chi connectivity index (χ2n) is 6.31. The molecular formula is C18H20N8O. The zero-order valence-corrected chi connectivity index (χ0v) is 15.4. The van der Waals surface area contributed by atoms with Crippen LogP contribution >= 0.6 is 0 Å². The summed E-state index contributed by atoms with van der Waals surface area (Å²) in [7, 11) is 1.84. The molecule has 0 saturated carbocycles. The third-order valence-corrected chi connectivity index (χ3v) is 4.40. The predicted octanol–water partition coefficient (Wildman–Crippen LogP) is 1.58. The van der Waals surface area contributed by atoms with Gasteiger partial charge in [-0.15, -0.1) is 0 Å². The Hall–Kier alpha value is -3.49. The molecule has 4 heterocycles. The molecule has 1 N–H and O–H groups in total. The van der Waals surface area contributed by atoms with E-state index in [9.17, 15) is 4.79 Å². The number of hydrogen-bond donors (Lipinski definition) is 1. The molecular weight excluding hydrogens is 344 g/mol. The van der Waals surface area contributed by atoms with Crippen LogP contribution in [0.15, 0.2) is 37.1 Å². The Bertz CT molecular complexity index is 1120. The van der Waals surface area contributed by atoms with Crippen molar-refractivity contribution in [1.29, 1.82) is 0 Å². The van der Waals surface area contributed by atoms with Crippen LogP contribution in [0.4, 0.5) is 0 Å². The molecule has 0 aromatic carbocycles. The third-order valence-electron chi connectivity index (χ3n) is 4.40. The number of hydrogen-bond acceptors (Lipinski definition) is 5. The molecule has 4 aromatic rings. The molecule has 4 rings (SSSR count). The van der Waals surface area contributed by atoms with Crippen LogP contribution in [0.5, 0.6) is 0 Å². The minimum absolute atomic E-state index is 0.223. The normalized spacial score (nSPS) is 11.2. The lowest BCUT2D eigenvalue weighted by molar-refractivity contribution is 0.0952. The van der Waals surface area contributed by atoms with Gasteiger partial charge in [0.25, 0.3) is 5.91 Å². The van der Waals surface area contributed by atoms with Gasteiger partial charge < -0.3 is 5.32 Å². The molecule has 0 aliphatic heterocycles. The summed E-state index contributed by atoms with van der Waals surface area (Å²) in [5.74, 6) is -0.223. The fraction of sp³-hybridized carbons (Fsp3) is 0.278. The van der Waals surface area contributed by atoms with Gasteiger partial charge in [-0.2, -0.15) is 15.3 Å². The van der Waals surface area contributed by atoms with Crippen molar-refractivity contribution in [1.82, 2.24) is 39.5 Å². The number of aryl methyl sites for hydroxylation is 3. The number of amides is 1. The topological polar surface area (TPSA) is 94.9 Å². The number of carbonyl (C=O) groups is 1. The van der Waals surface area contributed by atoms with E-state index in [0.717, 1.165) is 29.1 Å². The van der Waals surface area contributed by atoms with Crippen molar-refractivity contribution in [2.24, 2.45) is 7.05 Å². The van der Waals surface area contributed by atoms with Crippen LogP contribution in [-0.2, 0) is 20.1 Å². The average Bonchev–Trinajstić information content (AvgIpc) is 3.37. The second-order valence-corrected chi connectivity index (χ2v) is 6.31. The molecule has 0 unspecified atom stereocenters. The molecule has 9 nitrogen and oxygen atoms in total. The van der Waals surface area contributed by atoms with Gasteiger partial charge in [-0.1, -0.05) is 0 Å². The van der Waals surface area contributed by atoms with Gasteiger partial charge in [0.15, 0.2) is 5.65 Å². The van der Waals surface area contributed by atoms with Crippen LogP contribution in [0, 0.1) is 6.92 Å². The molecule has 1 amide bonds. The van der Waals surface area contributed by atoms with Gasteiger partial charge in [0.2, 0.25) is 0 Å². The van der Waals surface area contributed by atoms with Gasteiger partial charge in [-0.05, 0) is 19.9 Å². The maximum Gasteiger partial charge on any atom is 0.257 e. The molecule has 27 heavy (non-hydrogen) atoms. The minimum Gasteiger partial charge on any atom is -0.348 e. The smallest absolute Gasteiger partial charge is 0.257 e. The molecule has 0 aliphatic rings. The van der Waals surface area contributed by atoms with E-state index in [1.165, 1.54) is 0 Å². The van der Waals surface area contributed by atoms with Gasteiger partial charge in [0.1, 0.15) is 5.56 Å². The number of carbonyl (C=O) groups excluding carboxylic acids is 1. The number of rotatable bonds is 5. The summed E-state index contributed by atoms with van der Waals surface area (Å²) in [6, 6.07) is 1.88. The molecule has 138 valence electrons. The highest BCUT2D eigenvalue weighted by atomic mass is 16.1. The standard InChI is InChI=1S/C18H20N8O/c1-4-25-11-15(12(2)23-25)16-5-6-19-17-14(9-22-26(16)17)18(27)20-7-13-8-21-24(3)10-13/h5-6,8-11H,4,7H2,1-3H3,(H,20,27). The molecule has 0 fully saturated rings. The largest absolute Gasteiger partial charge is 0.348 e. The predicted molar refractivity (Wildman–Crippen MR) is 99.0 cm³/mol. The summed E-state index contributed by atoms with van der Waals surface area (Å²) in [4.78, 5) is 17.0. The van der Waals surface area contributed by atoms with Crippen molar-refractivity contribution >= 4 is 11.6 Å². The fourth-order valence-corrected chi connectivity index (χ4v) is 3.03. The Balaban J connectivity index is 1.65. The highest BCUT2D eigenvalue weighted by Crippen LogP contribution is 2.23. The Morgan fingerprint density at radius 2 is 2.07 bits per heavy atom. The lowest BCUT2D eigenvalue weighted by Crippen LogP contribution is -2.22. The first-order valence-corrected chi connectivity index (χ1v) is 8.69. The summed E-state index contributed by atoms with van der Waals surface area (Å²) < 4.78 is 5.26. The van der Waals surface area contributed by atoms with Crippen LogP contribution in [0.2, 0.25) is 0 Å². The summed E-state index contributed by atoms with van der Waals surface area (Å²) in [5, 5.41) is 15.9. The fourth-order valence-electron chi connectivity index (χ4n) is 3.03. The second kappa shape index (κ2) is 6.67. The molecule has 9 heteroatoms. The van der Waals surface area contributed by atoms with Crippen molar-refractivity contribution in [2.75, 3.05) is 0 Å². The van der Waals surface area contributed by atoms with E-state index in [0.29, 0.717) is 17.8 Å². The lowest BCUT2D eigenvalue weighted by atomic mass is 10.2. The van der Waals surface area contributed by atoms with Crippen LogP contribution in [0.25, 0.3) is 16.9 Å². The Kier molecular flexibility index (Phi) is 4.19. The van der Waals surface area contributed by atoms with Gasteiger partial charge in [0, 0.05) is 49.9 Å². The quantitative estimate of drug-likeness (QED) is 0.580. The van der Waals surface area contributed by atoms with E-state index in [1.807, 2.05) is 44.0 Å². The van der Waals surface area contributed by atoms with E-state index in [-0.39, 0.29) is 5.91 Å². The summed E-state index contributed by atoms with van der Waals surface area (Å²) in [5.41, 5.74) is 4.60. The number of fused-ring (bicyclic) bond motifs is 1. The third kappa shape index (κ3) is 3.07. The monoisotopic (exact) mass is 364 g/mol. The number of nitrogens with zero attached hydrogens (tertiary/aromatic N) is 7. The summed E-state index contributed by atoms with van der Waals surface area (Å²) in [6.07, 6.45) is 8.80. The Morgan fingerprint density at radius 3 is 2.78 bits per heavy atom. The zero-order valence-electron chi connectivity index (χ0n) is 15.4. The molecule has 4 aromatic heterocycles. The van der Waals surface area contributed by atoms with Gasteiger partial charge in [-0.3, -0.25) is 14.2 Å². The lowest BCUT2D eigenvalue weighted by Gasteiger charge is -2.04. The van der Waals surface area contributed by atoms with Crippen LogP contribution in [0.1, 0.15) is 28.5 Å². The number of nitrogens with one attached hydrogen (secondary N) is 1. The van der Waals surface area contributed by atoms with E-state index in [4.69, 9.17) is 0 Å². The van der Waals surface area contributed by atoms with Gasteiger partial charge in [-0.25, -0.2) is 9.50 Å². The maximum atomic E-state index is 12.6. The van der Waals surface area contributed by atoms with Gasteiger partial charge >= 0.3 is 0 Å². The first-order valence-electron chi connectivity index (χ1n) is 8.69. The van der Waals surface area contributed by atoms with Gasteiger partial charge in [0.05, 0.1) is 23.8 Å². The molecule has 0 spiro atoms. The van der Waals surface area contributed by atoms with Crippen molar-refractivity contribution < 1.29 is 4.79 Å². The SMILES string of the molecule is CCn1cc(-c2ccnc3c(C(=O)NCc4cnn(C)c4)cnn23)c(C)n1. The molecule has 0 saturated heterocycles. The van der Waals surface area contributed by atoms with E-state index in [1.54, 1.807) is 27.8 Å². The van der Waals surface area contributed by atoms with Crippen molar-refractivity contribution in [3.63, 3.8) is 0 Å². The molecule has 0 atom stereocenters. The number of aromatic nitrogens is 7. The van der Waals surface area contributed by atoms with Crippen LogP contribution in [-0.4, -0.2) is 40.1 Å². The van der Waals surface area contributed by atoms with E-state index < -0.39 is 0 Å². The first-order chi connectivity index (χ1) is 13.1. The molecule has 0 bridgehead atoms. The van der Waals surface area contributed by atoms with E-state index >= 15 is 0 Å². The van der Waals surface area contributed by atoms with Crippen LogP contribution in [0.3, 0.4) is 0 Å². The summed E-state index contributed by atoms with van der Waals surface area (Å²) >= 11 is 0. The minimum atomic E-state index is -0.223. The summed E-state index contributed by atoms with van der Waals surface area (Å²) in [6.45, 7) is 5.18. The average molecular weight is 364 g/mol. The molecule has 0 radical (unpaired) electrons. The zero-order chi connectivity index (χ0) is 19.0. The van der Waals surface area contributed by atoms with E-state index in [2.05, 4.69) is 25.6 Å². The Morgan fingerprint density at radius 1 is 1.22 bits per heavy atom. The maximum absolute atomic E-state index is 12.6. The van der Waals surface area contributed by atoms with Crippen molar-refractivity contribution in [3.8, 4) is 11.3 Å².